The van der Waals surface area contributed by atoms with E-state index in [1.807, 2.05) is 75.5 Å². The van der Waals surface area contributed by atoms with Crippen LogP contribution >= 0.6 is 0 Å². The lowest BCUT2D eigenvalue weighted by atomic mass is 9.85. The Morgan fingerprint density at radius 1 is 1.12 bits per heavy atom. The molecule has 0 spiro atoms. The van der Waals surface area contributed by atoms with Crippen LogP contribution < -0.4 is 0 Å². The molecule has 158 valence electrons. The van der Waals surface area contributed by atoms with Gasteiger partial charge < -0.3 is 0 Å². The van der Waals surface area contributed by atoms with Crippen LogP contribution in [0.3, 0.4) is 0 Å². The molecule has 6 heteroatoms. The minimum Gasteiger partial charge on any atom is -0.294 e. The number of nitriles is 1. The minimum absolute atomic E-state index is 0.00466. The predicted molar refractivity (Wildman–Crippen MR) is 122 cm³/mol. The van der Waals surface area contributed by atoms with Gasteiger partial charge in [-0.3, -0.25) is 9.78 Å². The molecule has 32 heavy (non-hydrogen) atoms. The first-order chi connectivity index (χ1) is 15.4. The second kappa shape index (κ2) is 8.56. The van der Waals surface area contributed by atoms with Crippen molar-refractivity contribution in [1.29, 1.82) is 5.26 Å². The second-order valence-corrected chi connectivity index (χ2v) is 8.33. The van der Waals surface area contributed by atoms with Crippen molar-refractivity contribution in [3.8, 4) is 23.0 Å². The van der Waals surface area contributed by atoms with E-state index in [9.17, 15) is 10.1 Å². The Morgan fingerprint density at radius 2 is 1.97 bits per heavy atom. The molecular weight excluding hydrogens is 398 g/mol. The SMILES string of the molecule is Cc1ccc(CC(=O)c2cccc(C(C)(C)C#N)c2)cc1-n1cc(-c2cccnc2)nn1. The molecule has 0 fully saturated rings. The molecular formula is C26H23N5O. The fourth-order valence-corrected chi connectivity index (χ4v) is 3.47. The van der Waals surface area contributed by atoms with Gasteiger partial charge in [-0.15, -0.1) is 5.10 Å². The zero-order valence-corrected chi connectivity index (χ0v) is 18.3. The van der Waals surface area contributed by atoms with E-state index in [1.54, 1.807) is 23.1 Å². The third-order valence-corrected chi connectivity index (χ3v) is 5.52. The molecule has 0 unspecified atom stereocenters. The van der Waals surface area contributed by atoms with Crippen LogP contribution in [0.4, 0.5) is 0 Å². The van der Waals surface area contributed by atoms with Crippen LogP contribution in [0.5, 0.6) is 0 Å². The highest BCUT2D eigenvalue weighted by molar-refractivity contribution is 5.97. The molecule has 4 aromatic rings. The summed E-state index contributed by atoms with van der Waals surface area (Å²) >= 11 is 0. The van der Waals surface area contributed by atoms with Gasteiger partial charge in [0.05, 0.1) is 23.4 Å². The van der Waals surface area contributed by atoms with Crippen molar-refractivity contribution >= 4 is 5.78 Å². The molecule has 0 N–H and O–H groups in total. The van der Waals surface area contributed by atoms with Crippen LogP contribution in [0.1, 0.15) is 40.9 Å². The quantitative estimate of drug-likeness (QED) is 0.415. The first kappa shape index (κ1) is 21.1. The van der Waals surface area contributed by atoms with Crippen molar-refractivity contribution < 1.29 is 4.79 Å². The number of carbonyl (C=O) groups excluding carboxylic acids is 1. The zero-order valence-electron chi connectivity index (χ0n) is 18.3. The van der Waals surface area contributed by atoms with Crippen molar-refractivity contribution in [2.75, 3.05) is 0 Å². The predicted octanol–water partition coefficient (Wildman–Crippen LogP) is 4.86. The number of nitrogens with zero attached hydrogens (tertiary/aromatic N) is 5. The van der Waals surface area contributed by atoms with Gasteiger partial charge in [0, 0.05) is 29.9 Å². The van der Waals surface area contributed by atoms with E-state index in [4.69, 9.17) is 0 Å². The topological polar surface area (TPSA) is 84.5 Å². The summed E-state index contributed by atoms with van der Waals surface area (Å²) in [5, 5.41) is 17.9. The van der Waals surface area contributed by atoms with E-state index in [1.165, 1.54) is 0 Å². The van der Waals surface area contributed by atoms with Crippen LogP contribution in [-0.2, 0) is 11.8 Å². The standard InChI is InChI=1S/C26H23N5O/c1-18-9-10-19(13-25(32)20-6-4-8-22(14-20)26(2,3)17-27)12-24(18)31-16-23(29-30-31)21-7-5-11-28-15-21/h4-12,14-16H,13H2,1-3H3. The number of pyridine rings is 1. The highest BCUT2D eigenvalue weighted by atomic mass is 16.1. The van der Waals surface area contributed by atoms with Gasteiger partial charge in [-0.2, -0.15) is 5.26 Å². The Hall–Kier alpha value is -4.11. The van der Waals surface area contributed by atoms with Crippen LogP contribution in [0.25, 0.3) is 16.9 Å². The average Bonchev–Trinajstić information content (AvgIpc) is 3.31. The van der Waals surface area contributed by atoms with Crippen LogP contribution in [-0.4, -0.2) is 25.8 Å². The Morgan fingerprint density at radius 3 is 2.72 bits per heavy atom. The second-order valence-electron chi connectivity index (χ2n) is 8.33. The number of aryl methyl sites for hydroxylation is 1. The van der Waals surface area contributed by atoms with Crippen molar-refractivity contribution in [3.63, 3.8) is 0 Å². The summed E-state index contributed by atoms with van der Waals surface area (Å²) < 4.78 is 1.72. The molecule has 0 amide bonds. The lowest BCUT2D eigenvalue weighted by molar-refractivity contribution is 0.0993. The molecule has 0 aliphatic rings. The van der Waals surface area contributed by atoms with E-state index in [2.05, 4.69) is 21.4 Å². The number of carbonyl (C=O) groups is 1. The molecule has 0 aliphatic carbocycles. The number of Topliss-reactive ketones (excluding diaryl/α,β-unsaturated/α-hetero) is 1. The normalized spacial score (nSPS) is 11.2. The van der Waals surface area contributed by atoms with E-state index in [0.29, 0.717) is 5.56 Å². The first-order valence-corrected chi connectivity index (χ1v) is 10.3. The molecule has 2 heterocycles. The number of ketones is 1. The van der Waals surface area contributed by atoms with Crippen LogP contribution in [0, 0.1) is 18.3 Å². The summed E-state index contributed by atoms with van der Waals surface area (Å²) in [6, 6.07) is 19.3. The number of rotatable bonds is 6. The fourth-order valence-electron chi connectivity index (χ4n) is 3.47. The van der Waals surface area contributed by atoms with E-state index >= 15 is 0 Å². The largest absolute Gasteiger partial charge is 0.294 e. The average molecular weight is 422 g/mol. The maximum atomic E-state index is 13.0. The Bertz CT molecular complexity index is 1320. The van der Waals surface area contributed by atoms with E-state index < -0.39 is 5.41 Å². The summed E-state index contributed by atoms with van der Waals surface area (Å²) in [6.07, 6.45) is 5.58. The summed E-state index contributed by atoms with van der Waals surface area (Å²) in [5.41, 5.74) is 5.21. The fraction of sp³-hybridized carbons (Fsp3) is 0.192. The third kappa shape index (κ3) is 4.33. The Balaban J connectivity index is 1.59. The molecule has 0 radical (unpaired) electrons. The lowest BCUT2D eigenvalue weighted by Gasteiger charge is -2.16. The molecule has 6 nitrogen and oxygen atoms in total. The molecule has 2 aromatic heterocycles. The van der Waals surface area contributed by atoms with Gasteiger partial charge in [-0.25, -0.2) is 4.68 Å². The van der Waals surface area contributed by atoms with Gasteiger partial charge in [-0.05, 0) is 61.7 Å². The van der Waals surface area contributed by atoms with Gasteiger partial charge in [-0.1, -0.05) is 35.5 Å². The smallest absolute Gasteiger partial charge is 0.167 e. The van der Waals surface area contributed by atoms with Gasteiger partial charge in [0.1, 0.15) is 5.69 Å². The highest BCUT2D eigenvalue weighted by Crippen LogP contribution is 2.24. The Labute approximate surface area is 187 Å². The molecule has 4 rings (SSSR count). The number of benzene rings is 2. The molecule has 0 bridgehead atoms. The Kier molecular flexibility index (Phi) is 5.65. The summed E-state index contributed by atoms with van der Waals surface area (Å²) in [7, 11) is 0. The highest BCUT2D eigenvalue weighted by Gasteiger charge is 2.21. The summed E-state index contributed by atoms with van der Waals surface area (Å²) in [6.45, 7) is 5.70. The van der Waals surface area contributed by atoms with E-state index in [0.717, 1.165) is 33.6 Å². The van der Waals surface area contributed by atoms with Gasteiger partial charge in [0.25, 0.3) is 0 Å². The lowest BCUT2D eigenvalue weighted by Crippen LogP contribution is -2.15. The van der Waals surface area contributed by atoms with Gasteiger partial charge in [0.2, 0.25) is 0 Å². The third-order valence-electron chi connectivity index (χ3n) is 5.52. The monoisotopic (exact) mass is 421 g/mol. The van der Waals surface area contributed by atoms with Crippen molar-refractivity contribution in [2.24, 2.45) is 0 Å². The summed E-state index contributed by atoms with van der Waals surface area (Å²) in [5.74, 6) is 0.00466. The van der Waals surface area contributed by atoms with E-state index in [-0.39, 0.29) is 12.2 Å². The minimum atomic E-state index is -0.646. The van der Waals surface area contributed by atoms with Crippen LogP contribution in [0.15, 0.2) is 73.2 Å². The first-order valence-electron chi connectivity index (χ1n) is 10.3. The molecule has 2 aromatic carbocycles. The summed E-state index contributed by atoms with van der Waals surface area (Å²) in [4.78, 5) is 17.1. The number of hydrogen-bond acceptors (Lipinski definition) is 5. The van der Waals surface area contributed by atoms with Crippen molar-refractivity contribution in [2.45, 2.75) is 32.6 Å². The maximum absolute atomic E-state index is 13.0. The molecule has 0 saturated heterocycles. The van der Waals surface area contributed by atoms with Crippen molar-refractivity contribution in [1.82, 2.24) is 20.0 Å². The maximum Gasteiger partial charge on any atom is 0.167 e. The van der Waals surface area contributed by atoms with Crippen molar-refractivity contribution in [3.05, 3.63) is 95.4 Å². The van der Waals surface area contributed by atoms with Gasteiger partial charge >= 0.3 is 0 Å². The van der Waals surface area contributed by atoms with Gasteiger partial charge in [0.15, 0.2) is 5.78 Å². The van der Waals surface area contributed by atoms with Crippen LogP contribution in [0.2, 0.25) is 0 Å². The molecule has 0 atom stereocenters. The zero-order chi connectivity index (χ0) is 22.7. The number of aromatic nitrogens is 4. The molecule has 0 saturated carbocycles. The molecule has 0 aliphatic heterocycles. The number of hydrogen-bond donors (Lipinski definition) is 0.